The molecule has 1 saturated heterocycles. The first kappa shape index (κ1) is 23.4. The second-order valence-electron chi connectivity index (χ2n) is 8.22. The van der Waals surface area contributed by atoms with Crippen molar-refractivity contribution in [2.24, 2.45) is 0 Å². The van der Waals surface area contributed by atoms with E-state index >= 15 is 0 Å². The number of aliphatic hydroxyl groups is 1. The highest BCUT2D eigenvalue weighted by atomic mass is 35.5. The number of nitrogens with zero attached hydrogens (tertiary/aromatic N) is 2. The summed E-state index contributed by atoms with van der Waals surface area (Å²) in [5.41, 5.74) is -3.88. The van der Waals surface area contributed by atoms with Crippen molar-refractivity contribution < 1.29 is 23.1 Å². The van der Waals surface area contributed by atoms with Crippen molar-refractivity contribution in [2.75, 3.05) is 9.80 Å². The molecule has 2 amide bonds. The first-order valence-electron chi connectivity index (χ1n) is 9.93. The van der Waals surface area contributed by atoms with Gasteiger partial charge in [-0.2, -0.15) is 13.2 Å². The Kier molecular flexibility index (Phi) is 5.63. The van der Waals surface area contributed by atoms with Gasteiger partial charge in [-0.25, -0.2) is 4.79 Å². The molecule has 4 nitrogen and oxygen atoms in total. The highest BCUT2D eigenvalue weighted by molar-refractivity contribution is 6.31. The average Bonchev–Trinajstić information content (AvgIpc) is 2.91. The molecule has 1 fully saturated rings. The number of hydrogen-bond donors (Lipinski definition) is 1. The molecule has 3 aromatic rings. The molecule has 9 heteroatoms. The zero-order valence-corrected chi connectivity index (χ0v) is 19.1. The third-order valence-electron chi connectivity index (χ3n) is 5.88. The van der Waals surface area contributed by atoms with Gasteiger partial charge in [0.05, 0.1) is 11.1 Å². The van der Waals surface area contributed by atoms with Gasteiger partial charge in [-0.1, -0.05) is 35.3 Å². The molecule has 4 rings (SSSR count). The summed E-state index contributed by atoms with van der Waals surface area (Å²) in [5.74, 6) is 0. The van der Waals surface area contributed by atoms with Gasteiger partial charge >= 0.3 is 12.2 Å². The molecule has 0 spiro atoms. The van der Waals surface area contributed by atoms with Gasteiger partial charge in [0.1, 0.15) is 0 Å². The first-order valence-corrected chi connectivity index (χ1v) is 10.7. The molecule has 1 aliphatic rings. The van der Waals surface area contributed by atoms with Crippen molar-refractivity contribution in [3.05, 3.63) is 94.0 Å². The predicted octanol–water partition coefficient (Wildman–Crippen LogP) is 7.08. The van der Waals surface area contributed by atoms with Crippen LogP contribution in [-0.4, -0.2) is 16.7 Å². The van der Waals surface area contributed by atoms with Crippen LogP contribution in [0.2, 0.25) is 10.0 Å². The number of rotatable bonds is 3. The van der Waals surface area contributed by atoms with Crippen molar-refractivity contribution in [3.63, 3.8) is 0 Å². The number of benzene rings is 3. The van der Waals surface area contributed by atoms with Gasteiger partial charge in [0, 0.05) is 27.0 Å². The molecule has 3 aromatic carbocycles. The van der Waals surface area contributed by atoms with Crippen LogP contribution in [0.5, 0.6) is 0 Å². The molecule has 1 unspecified atom stereocenters. The lowest BCUT2D eigenvalue weighted by molar-refractivity contribution is -0.137. The summed E-state index contributed by atoms with van der Waals surface area (Å²) in [6.45, 7) is 3.19. The number of carbonyl (C=O) groups is 1. The Morgan fingerprint density at radius 2 is 1.30 bits per heavy atom. The van der Waals surface area contributed by atoms with Crippen LogP contribution in [0.25, 0.3) is 0 Å². The maximum absolute atomic E-state index is 13.8. The number of anilines is 2. The van der Waals surface area contributed by atoms with Gasteiger partial charge in [-0.3, -0.25) is 9.80 Å². The Hall–Kier alpha value is -2.74. The Morgan fingerprint density at radius 1 is 0.818 bits per heavy atom. The van der Waals surface area contributed by atoms with Crippen LogP contribution in [0.1, 0.15) is 25.0 Å². The minimum absolute atomic E-state index is 0.0814. The summed E-state index contributed by atoms with van der Waals surface area (Å²) in [7, 11) is 0. The number of halogens is 5. The smallest absolute Gasteiger partial charge is 0.365 e. The van der Waals surface area contributed by atoms with Crippen molar-refractivity contribution in [1.82, 2.24) is 0 Å². The van der Waals surface area contributed by atoms with E-state index in [-0.39, 0.29) is 11.3 Å². The van der Waals surface area contributed by atoms with E-state index in [9.17, 15) is 23.1 Å². The first-order chi connectivity index (χ1) is 15.4. The van der Waals surface area contributed by atoms with E-state index in [1.54, 1.807) is 38.1 Å². The fourth-order valence-electron chi connectivity index (χ4n) is 4.21. The molecule has 1 heterocycles. The van der Waals surface area contributed by atoms with Crippen LogP contribution >= 0.6 is 23.2 Å². The molecule has 1 N–H and O–H groups in total. The van der Waals surface area contributed by atoms with Crippen molar-refractivity contribution in [2.45, 2.75) is 31.3 Å². The molecule has 33 heavy (non-hydrogen) atoms. The third kappa shape index (κ3) is 3.74. The van der Waals surface area contributed by atoms with E-state index in [0.29, 0.717) is 15.7 Å². The Morgan fingerprint density at radius 3 is 1.79 bits per heavy atom. The van der Waals surface area contributed by atoms with Crippen LogP contribution < -0.4 is 9.80 Å². The van der Waals surface area contributed by atoms with Crippen molar-refractivity contribution >= 4 is 40.6 Å². The predicted molar refractivity (Wildman–Crippen MR) is 123 cm³/mol. The van der Waals surface area contributed by atoms with Crippen LogP contribution in [0, 0.1) is 0 Å². The molecular formula is C24H19Cl2F3N2O2. The highest BCUT2D eigenvalue weighted by Gasteiger charge is 2.64. The number of alkyl halides is 3. The lowest BCUT2D eigenvalue weighted by Crippen LogP contribution is -2.56. The monoisotopic (exact) mass is 494 g/mol. The lowest BCUT2D eigenvalue weighted by atomic mass is 9.83. The molecule has 1 aliphatic heterocycles. The van der Waals surface area contributed by atoms with E-state index in [0.717, 1.165) is 17.0 Å². The zero-order valence-electron chi connectivity index (χ0n) is 17.6. The van der Waals surface area contributed by atoms with E-state index in [2.05, 4.69) is 0 Å². The largest absolute Gasteiger partial charge is 0.416 e. The Bertz CT molecular complexity index is 1200. The summed E-state index contributed by atoms with van der Waals surface area (Å²) >= 11 is 12.0. The minimum Gasteiger partial charge on any atom is -0.365 e. The van der Waals surface area contributed by atoms with E-state index < -0.39 is 29.0 Å². The quantitative estimate of drug-likeness (QED) is 0.422. The van der Waals surface area contributed by atoms with E-state index in [4.69, 9.17) is 23.2 Å². The molecule has 1 atom stereocenters. The van der Waals surface area contributed by atoms with Crippen LogP contribution in [0.15, 0.2) is 72.8 Å². The number of amides is 2. The summed E-state index contributed by atoms with van der Waals surface area (Å²) in [5, 5.41) is 13.0. The highest BCUT2D eigenvalue weighted by Crippen LogP contribution is 2.51. The fourth-order valence-corrected chi connectivity index (χ4v) is 4.46. The van der Waals surface area contributed by atoms with Crippen LogP contribution in [-0.2, 0) is 11.9 Å². The maximum atomic E-state index is 13.8. The lowest BCUT2D eigenvalue weighted by Gasteiger charge is -2.43. The summed E-state index contributed by atoms with van der Waals surface area (Å²) < 4.78 is 40.5. The number of urea groups is 1. The summed E-state index contributed by atoms with van der Waals surface area (Å²) in [6.07, 6.45) is -4.62. The standard InChI is InChI=1S/C24H19Cl2F3N2O2/c1-22(2)23(33,15-4-3-5-16(14-15)24(27,28)29)31(20-12-8-18(26)9-13-20)21(32)30(22)19-10-6-17(25)7-11-19/h3-14,33H,1-2H3. The van der Waals surface area contributed by atoms with Gasteiger partial charge in [-0.05, 0) is 74.5 Å². The summed E-state index contributed by atoms with van der Waals surface area (Å²) in [4.78, 5) is 16.2. The third-order valence-corrected chi connectivity index (χ3v) is 6.38. The van der Waals surface area contributed by atoms with Crippen LogP contribution in [0.4, 0.5) is 29.3 Å². The fraction of sp³-hybridized carbons (Fsp3) is 0.208. The average molecular weight is 495 g/mol. The van der Waals surface area contributed by atoms with Crippen molar-refractivity contribution in [3.8, 4) is 0 Å². The molecule has 0 aliphatic carbocycles. The Balaban J connectivity index is 1.97. The van der Waals surface area contributed by atoms with E-state index in [1.807, 2.05) is 0 Å². The normalized spacial score (nSPS) is 20.4. The second-order valence-corrected chi connectivity index (χ2v) is 9.09. The molecule has 0 bridgehead atoms. The zero-order chi connectivity index (χ0) is 24.2. The van der Waals surface area contributed by atoms with Crippen molar-refractivity contribution in [1.29, 1.82) is 0 Å². The van der Waals surface area contributed by atoms with E-state index in [1.165, 1.54) is 41.3 Å². The topological polar surface area (TPSA) is 43.8 Å². The van der Waals surface area contributed by atoms with Gasteiger partial charge in [0.25, 0.3) is 0 Å². The SMILES string of the molecule is CC1(C)N(c2ccc(Cl)cc2)C(=O)N(c2ccc(Cl)cc2)C1(O)c1cccc(C(F)(F)F)c1. The number of carbonyl (C=O) groups excluding carboxylic acids is 1. The van der Waals surface area contributed by atoms with Gasteiger partial charge in [-0.15, -0.1) is 0 Å². The molecule has 0 saturated carbocycles. The minimum atomic E-state index is -4.62. The number of hydrogen-bond acceptors (Lipinski definition) is 2. The summed E-state index contributed by atoms with van der Waals surface area (Å²) in [6, 6.07) is 16.3. The molecule has 172 valence electrons. The molecular weight excluding hydrogens is 476 g/mol. The van der Waals surface area contributed by atoms with Gasteiger partial charge < -0.3 is 5.11 Å². The van der Waals surface area contributed by atoms with Gasteiger partial charge in [0.2, 0.25) is 0 Å². The van der Waals surface area contributed by atoms with Gasteiger partial charge in [0.15, 0.2) is 5.72 Å². The maximum Gasteiger partial charge on any atom is 0.416 e. The second kappa shape index (κ2) is 7.94. The van der Waals surface area contributed by atoms with Crippen LogP contribution in [0.3, 0.4) is 0 Å². The Labute approximate surface area is 198 Å². The molecule has 0 radical (unpaired) electrons. The molecule has 0 aromatic heterocycles.